The van der Waals surface area contributed by atoms with E-state index in [0.29, 0.717) is 11.4 Å². The van der Waals surface area contributed by atoms with Crippen molar-refractivity contribution >= 4 is 5.82 Å². The quantitative estimate of drug-likeness (QED) is 0.648. The second-order valence-electron chi connectivity index (χ2n) is 3.17. The number of nitrogens with zero attached hydrogens (tertiary/aromatic N) is 2. The van der Waals surface area contributed by atoms with E-state index in [9.17, 15) is 0 Å². The van der Waals surface area contributed by atoms with Gasteiger partial charge in [0.25, 0.3) is 0 Å². The molecule has 0 bridgehead atoms. The lowest BCUT2D eigenvalue weighted by Gasteiger charge is -2.15. The van der Waals surface area contributed by atoms with Gasteiger partial charge in [0.15, 0.2) is 0 Å². The van der Waals surface area contributed by atoms with Crippen molar-refractivity contribution in [1.82, 2.24) is 4.98 Å². The zero-order valence-corrected chi connectivity index (χ0v) is 8.44. The molecule has 0 aliphatic heterocycles. The molecule has 0 spiro atoms. The number of rotatable bonds is 4. The van der Waals surface area contributed by atoms with Crippen LogP contribution in [0.15, 0.2) is 12.3 Å². The van der Waals surface area contributed by atoms with Gasteiger partial charge in [-0.2, -0.15) is 5.26 Å². The van der Waals surface area contributed by atoms with Gasteiger partial charge in [-0.3, -0.25) is 0 Å². The van der Waals surface area contributed by atoms with E-state index >= 15 is 0 Å². The SMILES string of the molecule is Cc1ccnc(NC(CO)CO)c1C#N. The molecule has 0 fully saturated rings. The Bertz CT molecular complexity index is 369. The molecule has 0 aliphatic rings. The lowest BCUT2D eigenvalue weighted by Crippen LogP contribution is -2.28. The highest BCUT2D eigenvalue weighted by molar-refractivity contribution is 5.55. The maximum absolute atomic E-state index is 8.90. The molecule has 0 amide bonds. The Kier molecular flexibility index (Phi) is 4.03. The summed E-state index contributed by atoms with van der Waals surface area (Å²) in [6, 6.07) is 3.27. The standard InChI is InChI=1S/C10H13N3O2/c1-7-2-3-12-10(9(7)4-11)13-8(5-14)6-15/h2-3,8,14-15H,5-6H2,1H3,(H,12,13). The monoisotopic (exact) mass is 207 g/mol. The van der Waals surface area contributed by atoms with Crippen molar-refractivity contribution in [2.24, 2.45) is 0 Å². The van der Waals surface area contributed by atoms with Crippen molar-refractivity contribution in [3.8, 4) is 6.07 Å². The second kappa shape index (κ2) is 5.29. The first-order chi connectivity index (χ1) is 7.22. The van der Waals surface area contributed by atoms with Crippen molar-refractivity contribution in [1.29, 1.82) is 5.26 Å². The number of aromatic nitrogens is 1. The molecular weight excluding hydrogens is 194 g/mol. The number of nitriles is 1. The first-order valence-corrected chi connectivity index (χ1v) is 4.57. The highest BCUT2D eigenvalue weighted by Crippen LogP contribution is 2.15. The zero-order valence-electron chi connectivity index (χ0n) is 8.44. The molecule has 0 saturated carbocycles. The number of anilines is 1. The van der Waals surface area contributed by atoms with Crippen LogP contribution in [0, 0.1) is 18.3 Å². The number of hydrogen-bond acceptors (Lipinski definition) is 5. The van der Waals surface area contributed by atoms with E-state index in [2.05, 4.69) is 10.3 Å². The van der Waals surface area contributed by atoms with Gasteiger partial charge >= 0.3 is 0 Å². The van der Waals surface area contributed by atoms with Crippen molar-refractivity contribution in [2.45, 2.75) is 13.0 Å². The van der Waals surface area contributed by atoms with E-state index in [4.69, 9.17) is 15.5 Å². The van der Waals surface area contributed by atoms with E-state index in [1.807, 2.05) is 6.07 Å². The van der Waals surface area contributed by atoms with Crippen molar-refractivity contribution in [2.75, 3.05) is 18.5 Å². The molecule has 0 saturated heterocycles. The summed E-state index contributed by atoms with van der Waals surface area (Å²) in [5, 5.41) is 29.5. The number of pyridine rings is 1. The Morgan fingerprint density at radius 3 is 2.73 bits per heavy atom. The molecule has 5 nitrogen and oxygen atoms in total. The van der Waals surface area contributed by atoms with Crippen LogP contribution in [0.25, 0.3) is 0 Å². The van der Waals surface area contributed by atoms with Gasteiger partial charge in [-0.15, -0.1) is 0 Å². The largest absolute Gasteiger partial charge is 0.394 e. The van der Waals surface area contributed by atoms with Gasteiger partial charge in [-0.1, -0.05) is 0 Å². The zero-order chi connectivity index (χ0) is 11.3. The highest BCUT2D eigenvalue weighted by atomic mass is 16.3. The van der Waals surface area contributed by atoms with Gasteiger partial charge < -0.3 is 15.5 Å². The average molecular weight is 207 g/mol. The molecule has 1 rings (SSSR count). The first kappa shape index (κ1) is 11.4. The van der Waals surface area contributed by atoms with Crippen LogP contribution >= 0.6 is 0 Å². The lowest BCUT2D eigenvalue weighted by atomic mass is 10.1. The minimum absolute atomic E-state index is 0.211. The Morgan fingerprint density at radius 1 is 1.53 bits per heavy atom. The van der Waals surface area contributed by atoms with Crippen LogP contribution in [0.4, 0.5) is 5.82 Å². The summed E-state index contributed by atoms with van der Waals surface area (Å²) in [5.74, 6) is 0.394. The molecule has 0 atom stereocenters. The maximum atomic E-state index is 8.90. The summed E-state index contributed by atoms with van der Waals surface area (Å²) in [6.45, 7) is 1.38. The van der Waals surface area contributed by atoms with E-state index < -0.39 is 6.04 Å². The summed E-state index contributed by atoms with van der Waals surface area (Å²) >= 11 is 0. The third kappa shape index (κ3) is 2.65. The summed E-state index contributed by atoms with van der Waals surface area (Å²) < 4.78 is 0. The second-order valence-corrected chi connectivity index (χ2v) is 3.17. The Balaban J connectivity index is 2.95. The van der Waals surface area contributed by atoms with Gasteiger partial charge in [0.1, 0.15) is 11.9 Å². The summed E-state index contributed by atoms with van der Waals surface area (Å²) in [7, 11) is 0. The number of aryl methyl sites for hydroxylation is 1. The minimum Gasteiger partial charge on any atom is -0.394 e. The van der Waals surface area contributed by atoms with Gasteiger partial charge in [0, 0.05) is 6.20 Å². The van der Waals surface area contributed by atoms with Gasteiger partial charge in [-0.25, -0.2) is 4.98 Å². The topological polar surface area (TPSA) is 89.2 Å². The van der Waals surface area contributed by atoms with Crippen molar-refractivity contribution in [3.05, 3.63) is 23.4 Å². The Morgan fingerprint density at radius 2 is 2.20 bits per heavy atom. The molecule has 1 aromatic rings. The fourth-order valence-corrected chi connectivity index (χ4v) is 1.15. The number of nitrogens with one attached hydrogen (secondary N) is 1. The van der Waals surface area contributed by atoms with Crippen molar-refractivity contribution in [3.63, 3.8) is 0 Å². The molecule has 1 aromatic heterocycles. The van der Waals surface area contributed by atoms with Crippen LogP contribution in [0.5, 0.6) is 0 Å². The Labute approximate surface area is 88.0 Å². The normalized spacial score (nSPS) is 10.1. The molecule has 0 aliphatic carbocycles. The molecule has 0 radical (unpaired) electrons. The average Bonchev–Trinajstić information content (AvgIpc) is 2.26. The summed E-state index contributed by atoms with van der Waals surface area (Å²) in [4.78, 5) is 3.99. The number of aliphatic hydroxyl groups is 2. The number of hydrogen-bond donors (Lipinski definition) is 3. The summed E-state index contributed by atoms with van der Waals surface area (Å²) in [6.07, 6.45) is 1.57. The molecule has 0 unspecified atom stereocenters. The fraction of sp³-hybridized carbons (Fsp3) is 0.400. The highest BCUT2D eigenvalue weighted by Gasteiger charge is 2.11. The molecule has 3 N–H and O–H groups in total. The third-order valence-electron chi connectivity index (χ3n) is 2.05. The maximum Gasteiger partial charge on any atom is 0.144 e. The minimum atomic E-state index is -0.494. The van der Waals surface area contributed by atoms with Crippen LogP contribution in [0.2, 0.25) is 0 Å². The van der Waals surface area contributed by atoms with Gasteiger partial charge in [-0.05, 0) is 18.6 Å². The van der Waals surface area contributed by atoms with Crippen LogP contribution in [0.1, 0.15) is 11.1 Å². The predicted molar refractivity (Wildman–Crippen MR) is 55.3 cm³/mol. The molecule has 80 valence electrons. The van der Waals surface area contributed by atoms with Crippen LogP contribution in [-0.4, -0.2) is 34.5 Å². The molecule has 5 heteroatoms. The molecule has 0 aromatic carbocycles. The van der Waals surface area contributed by atoms with Crippen molar-refractivity contribution < 1.29 is 10.2 Å². The van der Waals surface area contributed by atoms with E-state index in [1.165, 1.54) is 0 Å². The first-order valence-electron chi connectivity index (χ1n) is 4.57. The van der Waals surface area contributed by atoms with E-state index in [0.717, 1.165) is 5.56 Å². The third-order valence-corrected chi connectivity index (χ3v) is 2.05. The van der Waals surface area contributed by atoms with E-state index in [-0.39, 0.29) is 13.2 Å². The van der Waals surface area contributed by atoms with Gasteiger partial charge in [0.2, 0.25) is 0 Å². The van der Waals surface area contributed by atoms with Gasteiger partial charge in [0.05, 0.1) is 24.8 Å². The van der Waals surface area contributed by atoms with Crippen LogP contribution in [-0.2, 0) is 0 Å². The molecular formula is C10H13N3O2. The van der Waals surface area contributed by atoms with Crippen LogP contribution < -0.4 is 5.32 Å². The summed E-state index contributed by atoms with van der Waals surface area (Å²) in [5.41, 5.74) is 1.24. The molecule has 1 heterocycles. The number of aliphatic hydroxyl groups excluding tert-OH is 2. The Hall–Kier alpha value is -1.64. The molecule has 15 heavy (non-hydrogen) atoms. The predicted octanol–water partition coefficient (Wildman–Crippen LogP) is 0.0268. The lowest BCUT2D eigenvalue weighted by molar-refractivity contribution is 0.203. The van der Waals surface area contributed by atoms with E-state index in [1.54, 1.807) is 19.2 Å². The van der Waals surface area contributed by atoms with Crippen LogP contribution in [0.3, 0.4) is 0 Å². The fourth-order valence-electron chi connectivity index (χ4n) is 1.15. The smallest absolute Gasteiger partial charge is 0.144 e.